The van der Waals surface area contributed by atoms with Gasteiger partial charge in [0.15, 0.2) is 0 Å². The normalized spacial score (nSPS) is 16.7. The summed E-state index contributed by atoms with van der Waals surface area (Å²) in [6.45, 7) is 4.14. The highest BCUT2D eigenvalue weighted by molar-refractivity contribution is 9.10. The number of hydrogen-bond donors (Lipinski definition) is 2. The number of carbonyl (C=O) groups excluding carboxylic acids is 1. The van der Waals surface area contributed by atoms with Crippen LogP contribution in [-0.2, 0) is 0 Å². The molecule has 1 fully saturated rings. The topological polar surface area (TPSA) is 54.3 Å². The summed E-state index contributed by atoms with van der Waals surface area (Å²) >= 11 is 3.42. The highest BCUT2D eigenvalue weighted by Gasteiger charge is 2.28. The Morgan fingerprint density at radius 1 is 1.58 bits per heavy atom. The minimum atomic E-state index is -0.172. The van der Waals surface area contributed by atoms with Crippen molar-refractivity contribution in [2.75, 3.05) is 6.61 Å². The first kappa shape index (κ1) is 14.6. The van der Waals surface area contributed by atoms with Gasteiger partial charge >= 0.3 is 0 Å². The maximum absolute atomic E-state index is 12.3. The zero-order valence-electron chi connectivity index (χ0n) is 11.4. The Morgan fingerprint density at radius 3 is 2.79 bits per heavy atom. The molecule has 19 heavy (non-hydrogen) atoms. The number of hydrogen-bond acceptors (Lipinski definition) is 2. The molecule has 0 bridgehead atoms. The molecular weight excluding hydrogens is 308 g/mol. The van der Waals surface area contributed by atoms with Crippen LogP contribution < -0.4 is 5.32 Å². The molecule has 2 N–H and O–H groups in total. The lowest BCUT2D eigenvalue weighted by molar-refractivity contribution is 0.0898. The van der Waals surface area contributed by atoms with E-state index in [4.69, 9.17) is 0 Å². The first-order valence-electron chi connectivity index (χ1n) is 6.80. The molecule has 0 spiro atoms. The van der Waals surface area contributed by atoms with Gasteiger partial charge in [0, 0.05) is 16.7 Å². The molecule has 4 nitrogen and oxygen atoms in total. The molecule has 0 aromatic carbocycles. The van der Waals surface area contributed by atoms with Crippen LogP contribution >= 0.6 is 15.9 Å². The second-order valence-electron chi connectivity index (χ2n) is 5.66. The molecule has 1 aliphatic rings. The summed E-state index contributed by atoms with van der Waals surface area (Å²) in [5, 5.41) is 12.3. The van der Waals surface area contributed by atoms with Gasteiger partial charge in [0.2, 0.25) is 0 Å². The second-order valence-corrected chi connectivity index (χ2v) is 6.58. The standard InChI is InChI=1S/C14H21BrN2O2/c1-9(2)5-11(8-18)16-14(19)13-6-10(15)7-17(13)12-3-4-12/h6-7,9,11-12,18H,3-5,8H2,1-2H3,(H,16,19). The number of rotatable bonds is 6. The molecule has 5 heteroatoms. The number of nitrogens with one attached hydrogen (secondary N) is 1. The van der Waals surface area contributed by atoms with E-state index in [-0.39, 0.29) is 18.6 Å². The van der Waals surface area contributed by atoms with Crippen LogP contribution in [0.4, 0.5) is 0 Å². The van der Waals surface area contributed by atoms with E-state index in [1.807, 2.05) is 16.8 Å². The monoisotopic (exact) mass is 328 g/mol. The molecule has 1 atom stereocenters. The Labute approximate surface area is 122 Å². The Bertz CT molecular complexity index is 452. The van der Waals surface area contributed by atoms with Crippen LogP contribution in [0.2, 0.25) is 0 Å². The Hall–Kier alpha value is -0.810. The number of nitrogens with zero attached hydrogens (tertiary/aromatic N) is 1. The second kappa shape index (κ2) is 6.09. The van der Waals surface area contributed by atoms with Crippen LogP contribution in [0.3, 0.4) is 0 Å². The predicted molar refractivity (Wildman–Crippen MR) is 78.2 cm³/mol. The van der Waals surface area contributed by atoms with Crippen molar-refractivity contribution in [3.8, 4) is 0 Å². The minimum Gasteiger partial charge on any atom is -0.394 e. The van der Waals surface area contributed by atoms with E-state index in [0.717, 1.165) is 23.7 Å². The van der Waals surface area contributed by atoms with Gasteiger partial charge in [0.05, 0.1) is 12.6 Å². The van der Waals surface area contributed by atoms with Gasteiger partial charge in [-0.1, -0.05) is 13.8 Å². The number of aliphatic hydroxyl groups excluding tert-OH is 1. The average Bonchev–Trinajstić information content (AvgIpc) is 3.10. The maximum Gasteiger partial charge on any atom is 0.268 e. The SMILES string of the molecule is CC(C)CC(CO)NC(=O)c1cc(Br)cn1C1CC1. The molecule has 1 unspecified atom stereocenters. The lowest BCUT2D eigenvalue weighted by Gasteiger charge is -2.18. The summed E-state index contributed by atoms with van der Waals surface area (Å²) in [6.07, 6.45) is 5.02. The van der Waals surface area contributed by atoms with Gasteiger partial charge in [0.1, 0.15) is 5.69 Å². The van der Waals surface area contributed by atoms with Gasteiger partial charge in [-0.15, -0.1) is 0 Å². The predicted octanol–water partition coefficient (Wildman–Crippen LogP) is 2.72. The van der Waals surface area contributed by atoms with Crippen molar-refractivity contribution in [3.05, 3.63) is 22.4 Å². The third-order valence-electron chi connectivity index (χ3n) is 3.30. The maximum atomic E-state index is 12.3. The average molecular weight is 329 g/mol. The highest BCUT2D eigenvalue weighted by atomic mass is 79.9. The van der Waals surface area contributed by atoms with Gasteiger partial charge in [0.25, 0.3) is 5.91 Å². The fraction of sp³-hybridized carbons (Fsp3) is 0.643. The molecule has 2 rings (SSSR count). The third kappa shape index (κ3) is 3.83. The molecule has 1 aromatic heterocycles. The van der Waals surface area contributed by atoms with Gasteiger partial charge in [-0.05, 0) is 47.2 Å². The molecule has 1 aromatic rings. The van der Waals surface area contributed by atoms with Crippen LogP contribution in [0, 0.1) is 5.92 Å². The first-order chi connectivity index (χ1) is 9.01. The lowest BCUT2D eigenvalue weighted by atomic mass is 10.0. The van der Waals surface area contributed by atoms with Gasteiger partial charge < -0.3 is 15.0 Å². The summed E-state index contributed by atoms with van der Waals surface area (Å²) in [5.41, 5.74) is 0.677. The van der Waals surface area contributed by atoms with Gasteiger partial charge in [-0.2, -0.15) is 0 Å². The van der Waals surface area contributed by atoms with Crippen molar-refractivity contribution >= 4 is 21.8 Å². The lowest BCUT2D eigenvalue weighted by Crippen LogP contribution is -2.39. The summed E-state index contributed by atoms with van der Waals surface area (Å²) in [6, 6.07) is 2.14. The van der Waals surface area contributed by atoms with E-state index in [2.05, 4.69) is 35.1 Å². The summed E-state index contributed by atoms with van der Waals surface area (Å²) in [5.74, 6) is 0.344. The number of amides is 1. The molecule has 1 saturated carbocycles. The van der Waals surface area contributed by atoms with Crippen molar-refractivity contribution in [2.24, 2.45) is 5.92 Å². The molecule has 106 valence electrons. The van der Waals surface area contributed by atoms with Gasteiger partial charge in [-0.25, -0.2) is 0 Å². The summed E-state index contributed by atoms with van der Waals surface area (Å²) < 4.78 is 2.96. The number of aromatic nitrogens is 1. The van der Waals surface area contributed by atoms with Crippen LogP contribution in [0.15, 0.2) is 16.7 Å². The quantitative estimate of drug-likeness (QED) is 0.843. The molecule has 0 radical (unpaired) electrons. The Balaban J connectivity index is 2.06. The summed E-state index contributed by atoms with van der Waals surface area (Å²) in [4.78, 5) is 12.3. The van der Waals surface area contributed by atoms with Crippen LogP contribution in [0.5, 0.6) is 0 Å². The van der Waals surface area contributed by atoms with Crippen LogP contribution in [0.25, 0.3) is 0 Å². The number of halogens is 1. The smallest absolute Gasteiger partial charge is 0.268 e. The van der Waals surface area contributed by atoms with Crippen molar-refractivity contribution < 1.29 is 9.90 Å². The molecule has 0 saturated heterocycles. The minimum absolute atomic E-state index is 0.0186. The van der Waals surface area contributed by atoms with Crippen LogP contribution in [0.1, 0.15) is 49.6 Å². The molecule has 1 heterocycles. The largest absolute Gasteiger partial charge is 0.394 e. The van der Waals surface area contributed by atoms with E-state index >= 15 is 0 Å². The molecular formula is C14H21BrN2O2. The van der Waals surface area contributed by atoms with Gasteiger partial charge in [-0.3, -0.25) is 4.79 Å². The van der Waals surface area contributed by atoms with E-state index in [0.29, 0.717) is 17.7 Å². The van der Waals surface area contributed by atoms with E-state index in [1.165, 1.54) is 0 Å². The van der Waals surface area contributed by atoms with Crippen molar-refractivity contribution in [1.29, 1.82) is 0 Å². The fourth-order valence-electron chi connectivity index (χ4n) is 2.29. The van der Waals surface area contributed by atoms with Crippen LogP contribution in [-0.4, -0.2) is 28.2 Å². The molecule has 1 aliphatic carbocycles. The van der Waals surface area contributed by atoms with Crippen molar-refractivity contribution in [3.63, 3.8) is 0 Å². The number of aliphatic hydroxyl groups is 1. The first-order valence-corrected chi connectivity index (χ1v) is 7.59. The third-order valence-corrected chi connectivity index (χ3v) is 3.73. The Kier molecular flexibility index (Phi) is 4.68. The molecule has 1 amide bonds. The van der Waals surface area contributed by atoms with E-state index in [9.17, 15) is 9.90 Å². The Morgan fingerprint density at radius 2 is 2.26 bits per heavy atom. The fourth-order valence-corrected chi connectivity index (χ4v) is 2.73. The summed E-state index contributed by atoms with van der Waals surface area (Å²) in [7, 11) is 0. The van der Waals surface area contributed by atoms with Crippen molar-refractivity contribution in [1.82, 2.24) is 9.88 Å². The van der Waals surface area contributed by atoms with E-state index in [1.54, 1.807) is 0 Å². The highest BCUT2D eigenvalue weighted by Crippen LogP contribution is 2.37. The number of carbonyl (C=O) groups is 1. The zero-order chi connectivity index (χ0) is 14.0. The molecule has 0 aliphatic heterocycles. The van der Waals surface area contributed by atoms with E-state index < -0.39 is 0 Å². The zero-order valence-corrected chi connectivity index (χ0v) is 13.0. The van der Waals surface area contributed by atoms with Crippen molar-refractivity contribution in [2.45, 2.75) is 45.2 Å².